The summed E-state index contributed by atoms with van der Waals surface area (Å²) in [5, 5.41) is 0.654. The number of halogens is 2. The van der Waals surface area contributed by atoms with Gasteiger partial charge in [-0.05, 0) is 60.7 Å². The number of ketones is 1. The molecule has 0 bridgehead atoms. The highest BCUT2D eigenvalue weighted by Gasteiger charge is 2.05. The molecule has 0 atom stereocenters. The van der Waals surface area contributed by atoms with Crippen LogP contribution in [0.25, 0.3) is 17.4 Å². The zero-order valence-corrected chi connectivity index (χ0v) is 14.3. The van der Waals surface area contributed by atoms with Gasteiger partial charge in [-0.1, -0.05) is 39.7 Å². The summed E-state index contributed by atoms with van der Waals surface area (Å²) >= 11 is 9.33. The second-order valence-corrected chi connectivity index (χ2v) is 6.27. The fourth-order valence-electron chi connectivity index (χ4n) is 2.11. The lowest BCUT2D eigenvalue weighted by molar-refractivity contribution is 0.104. The molecule has 1 heterocycles. The Labute approximate surface area is 147 Å². The minimum Gasteiger partial charge on any atom is -0.457 e. The van der Waals surface area contributed by atoms with Gasteiger partial charge in [-0.2, -0.15) is 0 Å². The van der Waals surface area contributed by atoms with Gasteiger partial charge < -0.3 is 4.42 Å². The molecule has 0 fully saturated rings. The molecule has 0 spiro atoms. The highest BCUT2D eigenvalue weighted by atomic mass is 79.9. The third-order valence-electron chi connectivity index (χ3n) is 3.26. The Morgan fingerprint density at radius 3 is 2.57 bits per heavy atom. The van der Waals surface area contributed by atoms with E-state index < -0.39 is 0 Å². The van der Waals surface area contributed by atoms with Crippen molar-refractivity contribution in [1.82, 2.24) is 0 Å². The van der Waals surface area contributed by atoms with Gasteiger partial charge in [0.05, 0.1) is 0 Å². The number of hydrogen-bond donors (Lipinski definition) is 0. The molecule has 0 saturated heterocycles. The first-order valence-corrected chi connectivity index (χ1v) is 8.13. The monoisotopic (exact) mass is 386 g/mol. The summed E-state index contributed by atoms with van der Waals surface area (Å²) in [6, 6.07) is 18.3. The van der Waals surface area contributed by atoms with E-state index in [4.69, 9.17) is 16.0 Å². The molecule has 0 unspecified atom stereocenters. The van der Waals surface area contributed by atoms with Gasteiger partial charge in [-0.3, -0.25) is 4.79 Å². The molecule has 114 valence electrons. The van der Waals surface area contributed by atoms with Crippen LogP contribution in [0.3, 0.4) is 0 Å². The maximum atomic E-state index is 12.1. The van der Waals surface area contributed by atoms with Crippen molar-refractivity contribution in [3.63, 3.8) is 0 Å². The molecular formula is C19H12BrClO2. The summed E-state index contributed by atoms with van der Waals surface area (Å²) in [6.07, 6.45) is 3.17. The van der Waals surface area contributed by atoms with Crippen LogP contribution in [0.2, 0.25) is 5.02 Å². The molecule has 0 radical (unpaired) electrons. The van der Waals surface area contributed by atoms with E-state index in [9.17, 15) is 4.79 Å². The summed E-state index contributed by atoms with van der Waals surface area (Å²) in [4.78, 5) is 12.1. The molecule has 3 rings (SSSR count). The third-order valence-corrected chi connectivity index (χ3v) is 4.03. The average Bonchev–Trinajstić information content (AvgIpc) is 3.02. The normalized spacial score (nSPS) is 11.0. The lowest BCUT2D eigenvalue weighted by Gasteiger charge is -1.97. The van der Waals surface area contributed by atoms with Gasteiger partial charge in [0.2, 0.25) is 0 Å². The second-order valence-electron chi connectivity index (χ2n) is 4.92. The Morgan fingerprint density at radius 2 is 1.83 bits per heavy atom. The molecule has 0 amide bonds. The van der Waals surface area contributed by atoms with Crippen molar-refractivity contribution < 1.29 is 9.21 Å². The maximum Gasteiger partial charge on any atom is 0.185 e. The van der Waals surface area contributed by atoms with E-state index in [1.54, 1.807) is 18.2 Å². The molecule has 0 saturated carbocycles. The van der Waals surface area contributed by atoms with E-state index in [0.29, 0.717) is 22.1 Å². The zero-order chi connectivity index (χ0) is 16.2. The third kappa shape index (κ3) is 4.01. The van der Waals surface area contributed by atoms with E-state index in [0.717, 1.165) is 10.0 Å². The van der Waals surface area contributed by atoms with Gasteiger partial charge in [0, 0.05) is 20.6 Å². The number of carbonyl (C=O) groups is 1. The number of furan rings is 1. The molecule has 2 aromatic carbocycles. The van der Waals surface area contributed by atoms with Crippen molar-refractivity contribution in [3.8, 4) is 11.3 Å². The Kier molecular flexibility index (Phi) is 4.79. The molecule has 3 aromatic rings. The molecule has 23 heavy (non-hydrogen) atoms. The van der Waals surface area contributed by atoms with Gasteiger partial charge in [0.25, 0.3) is 0 Å². The van der Waals surface area contributed by atoms with Crippen molar-refractivity contribution in [2.75, 3.05) is 0 Å². The lowest BCUT2D eigenvalue weighted by atomic mass is 10.1. The van der Waals surface area contributed by atoms with Crippen LogP contribution in [0.4, 0.5) is 0 Å². The first kappa shape index (κ1) is 15.8. The maximum absolute atomic E-state index is 12.1. The van der Waals surface area contributed by atoms with Crippen LogP contribution in [0, 0.1) is 0 Å². The van der Waals surface area contributed by atoms with Gasteiger partial charge in [0.1, 0.15) is 11.5 Å². The molecule has 2 nitrogen and oxygen atoms in total. The lowest BCUT2D eigenvalue weighted by Crippen LogP contribution is -1.92. The Bertz CT molecular complexity index is 863. The number of benzene rings is 2. The van der Waals surface area contributed by atoms with Crippen molar-refractivity contribution in [1.29, 1.82) is 0 Å². The topological polar surface area (TPSA) is 30.2 Å². The minimum absolute atomic E-state index is 0.0711. The van der Waals surface area contributed by atoms with Gasteiger partial charge >= 0.3 is 0 Å². The Morgan fingerprint density at radius 1 is 1.04 bits per heavy atom. The minimum atomic E-state index is -0.0711. The molecule has 0 N–H and O–H groups in total. The molecule has 0 aliphatic carbocycles. The fourth-order valence-corrected chi connectivity index (χ4v) is 2.56. The number of carbonyl (C=O) groups excluding carboxylic acids is 1. The predicted molar refractivity (Wildman–Crippen MR) is 96.7 cm³/mol. The van der Waals surface area contributed by atoms with Gasteiger partial charge in [-0.25, -0.2) is 0 Å². The van der Waals surface area contributed by atoms with E-state index in [1.807, 2.05) is 48.5 Å². The van der Waals surface area contributed by atoms with Crippen LogP contribution >= 0.6 is 27.5 Å². The molecule has 4 heteroatoms. The highest BCUT2D eigenvalue weighted by molar-refractivity contribution is 9.10. The molecule has 0 aliphatic rings. The van der Waals surface area contributed by atoms with Crippen LogP contribution in [-0.2, 0) is 0 Å². The van der Waals surface area contributed by atoms with Crippen LogP contribution in [0.1, 0.15) is 16.1 Å². The first-order valence-electron chi connectivity index (χ1n) is 6.95. The van der Waals surface area contributed by atoms with Crippen LogP contribution in [0.15, 0.2) is 75.6 Å². The molecule has 1 aromatic heterocycles. The van der Waals surface area contributed by atoms with Crippen molar-refractivity contribution in [2.45, 2.75) is 0 Å². The quantitative estimate of drug-likeness (QED) is 0.391. The summed E-state index contributed by atoms with van der Waals surface area (Å²) in [5.74, 6) is 1.26. The van der Waals surface area contributed by atoms with Crippen molar-refractivity contribution >= 4 is 39.4 Å². The predicted octanol–water partition coefficient (Wildman–Crippen LogP) is 6.26. The zero-order valence-electron chi connectivity index (χ0n) is 12.0. The first-order chi connectivity index (χ1) is 11.1. The highest BCUT2D eigenvalue weighted by Crippen LogP contribution is 2.25. The number of rotatable bonds is 4. The average molecular weight is 388 g/mol. The van der Waals surface area contributed by atoms with Gasteiger partial charge in [-0.15, -0.1) is 0 Å². The Hall–Kier alpha value is -2.10. The summed E-state index contributed by atoms with van der Waals surface area (Å²) in [7, 11) is 0. The van der Waals surface area contributed by atoms with Gasteiger partial charge in [0.15, 0.2) is 5.78 Å². The summed E-state index contributed by atoms with van der Waals surface area (Å²) < 4.78 is 6.66. The smallest absolute Gasteiger partial charge is 0.185 e. The number of hydrogen-bond acceptors (Lipinski definition) is 2. The van der Waals surface area contributed by atoms with Crippen molar-refractivity contribution in [2.24, 2.45) is 0 Å². The summed E-state index contributed by atoms with van der Waals surface area (Å²) in [5.41, 5.74) is 1.53. The van der Waals surface area contributed by atoms with E-state index in [2.05, 4.69) is 15.9 Å². The van der Waals surface area contributed by atoms with E-state index in [-0.39, 0.29) is 5.78 Å². The summed E-state index contributed by atoms with van der Waals surface area (Å²) in [6.45, 7) is 0. The molecular weight excluding hydrogens is 376 g/mol. The van der Waals surface area contributed by atoms with Crippen LogP contribution in [-0.4, -0.2) is 5.78 Å². The largest absolute Gasteiger partial charge is 0.457 e. The SMILES string of the molecule is O=C(/C=C/c1ccc(-c2cccc(Cl)c2)o1)c1ccc(Br)cc1. The number of allylic oxidation sites excluding steroid dienone is 1. The standard InChI is InChI=1S/C19H12BrClO2/c20-15-6-4-13(5-7-15)18(22)10-8-17-9-11-19(23-17)14-2-1-3-16(21)12-14/h1-12H/b10-8+. The van der Waals surface area contributed by atoms with Crippen LogP contribution in [0.5, 0.6) is 0 Å². The van der Waals surface area contributed by atoms with Crippen molar-refractivity contribution in [3.05, 3.63) is 87.6 Å². The molecule has 0 aliphatic heterocycles. The van der Waals surface area contributed by atoms with Crippen LogP contribution < -0.4 is 0 Å². The van der Waals surface area contributed by atoms with E-state index in [1.165, 1.54) is 6.08 Å². The Balaban J connectivity index is 1.76. The fraction of sp³-hybridized carbons (Fsp3) is 0. The second kappa shape index (κ2) is 6.99. The van der Waals surface area contributed by atoms with E-state index >= 15 is 0 Å².